The van der Waals surface area contributed by atoms with Crippen molar-refractivity contribution in [2.24, 2.45) is 0 Å². The number of hydrogen-bond donors (Lipinski definition) is 3. The molecule has 1 atom stereocenters. The van der Waals surface area contributed by atoms with E-state index in [0.717, 1.165) is 0 Å². The highest BCUT2D eigenvalue weighted by Gasteiger charge is 2.30. The standard InChI is InChI=1S/C10H13NO4/c1-10(15-2,11-9(13)14)7-5-3-4-6-8(7)12/h3-6,11-12H,1-2H3,(H,13,14). The number of ether oxygens (including phenoxy) is 1. The smallest absolute Gasteiger partial charge is 0.407 e. The average molecular weight is 211 g/mol. The lowest BCUT2D eigenvalue weighted by atomic mass is 10.0. The molecule has 0 radical (unpaired) electrons. The Morgan fingerprint density at radius 3 is 2.53 bits per heavy atom. The Morgan fingerprint density at radius 2 is 2.07 bits per heavy atom. The number of hydrogen-bond acceptors (Lipinski definition) is 3. The second kappa shape index (κ2) is 4.18. The van der Waals surface area contributed by atoms with Crippen molar-refractivity contribution >= 4 is 6.09 Å². The van der Waals surface area contributed by atoms with Crippen molar-refractivity contribution < 1.29 is 19.7 Å². The van der Waals surface area contributed by atoms with E-state index in [2.05, 4.69) is 5.32 Å². The Bertz CT molecular complexity index is 366. The number of aromatic hydroxyl groups is 1. The van der Waals surface area contributed by atoms with E-state index in [0.29, 0.717) is 5.56 Å². The minimum atomic E-state index is -1.25. The van der Waals surface area contributed by atoms with Gasteiger partial charge in [-0.2, -0.15) is 0 Å². The molecular weight excluding hydrogens is 198 g/mol. The van der Waals surface area contributed by atoms with Gasteiger partial charge < -0.3 is 14.9 Å². The van der Waals surface area contributed by atoms with Gasteiger partial charge in [-0.1, -0.05) is 18.2 Å². The van der Waals surface area contributed by atoms with Gasteiger partial charge in [-0.05, 0) is 13.0 Å². The van der Waals surface area contributed by atoms with Crippen molar-refractivity contribution in [3.8, 4) is 5.75 Å². The molecule has 0 aliphatic rings. The van der Waals surface area contributed by atoms with E-state index in [9.17, 15) is 9.90 Å². The number of amides is 1. The summed E-state index contributed by atoms with van der Waals surface area (Å²) in [7, 11) is 1.36. The summed E-state index contributed by atoms with van der Waals surface area (Å²) in [5, 5.41) is 20.4. The van der Waals surface area contributed by atoms with E-state index >= 15 is 0 Å². The summed E-state index contributed by atoms with van der Waals surface area (Å²) in [6.45, 7) is 1.52. The molecule has 0 aromatic heterocycles. The fraction of sp³-hybridized carbons (Fsp3) is 0.300. The predicted molar refractivity (Wildman–Crippen MR) is 53.6 cm³/mol. The van der Waals surface area contributed by atoms with E-state index in [-0.39, 0.29) is 5.75 Å². The maximum atomic E-state index is 10.6. The first kappa shape index (κ1) is 11.3. The molecule has 1 unspecified atom stereocenters. The van der Waals surface area contributed by atoms with Gasteiger partial charge in [0.25, 0.3) is 0 Å². The Hall–Kier alpha value is -1.75. The van der Waals surface area contributed by atoms with Crippen molar-refractivity contribution in [2.75, 3.05) is 7.11 Å². The van der Waals surface area contributed by atoms with Crippen LogP contribution in [0.25, 0.3) is 0 Å². The van der Waals surface area contributed by atoms with Crippen LogP contribution in [0.2, 0.25) is 0 Å². The molecule has 5 heteroatoms. The van der Waals surface area contributed by atoms with E-state index in [4.69, 9.17) is 9.84 Å². The van der Waals surface area contributed by atoms with Crippen molar-refractivity contribution in [3.63, 3.8) is 0 Å². The highest BCUT2D eigenvalue weighted by atomic mass is 16.5. The van der Waals surface area contributed by atoms with Crippen LogP contribution in [0.1, 0.15) is 12.5 Å². The third-order valence-electron chi connectivity index (χ3n) is 2.17. The van der Waals surface area contributed by atoms with Crippen LogP contribution in [0.15, 0.2) is 24.3 Å². The van der Waals surface area contributed by atoms with Crippen LogP contribution < -0.4 is 5.32 Å². The topological polar surface area (TPSA) is 78.8 Å². The van der Waals surface area contributed by atoms with Crippen LogP contribution in [-0.4, -0.2) is 23.4 Å². The van der Waals surface area contributed by atoms with Gasteiger partial charge in [-0.3, -0.25) is 5.32 Å². The van der Waals surface area contributed by atoms with E-state index in [1.807, 2.05) is 0 Å². The maximum Gasteiger partial charge on any atom is 0.407 e. The molecule has 0 bridgehead atoms. The monoisotopic (exact) mass is 211 g/mol. The fourth-order valence-corrected chi connectivity index (χ4v) is 1.31. The first-order valence-electron chi connectivity index (χ1n) is 4.34. The Balaban J connectivity index is 3.11. The fourth-order valence-electron chi connectivity index (χ4n) is 1.31. The molecule has 15 heavy (non-hydrogen) atoms. The molecule has 1 amide bonds. The first-order chi connectivity index (χ1) is 6.99. The van der Waals surface area contributed by atoms with Crippen LogP contribution >= 0.6 is 0 Å². The third kappa shape index (κ3) is 2.38. The predicted octanol–water partition coefficient (Wildman–Crippen LogP) is 1.48. The molecule has 0 fully saturated rings. The van der Waals surface area contributed by atoms with Crippen molar-refractivity contribution in [1.29, 1.82) is 0 Å². The third-order valence-corrected chi connectivity index (χ3v) is 2.17. The van der Waals surface area contributed by atoms with Gasteiger partial charge in [-0.15, -0.1) is 0 Å². The minimum absolute atomic E-state index is 0.0180. The van der Waals surface area contributed by atoms with Crippen LogP contribution in [0.3, 0.4) is 0 Å². The van der Waals surface area contributed by atoms with Crippen LogP contribution in [0.5, 0.6) is 5.75 Å². The Labute approximate surface area is 87.3 Å². The van der Waals surface area contributed by atoms with Gasteiger partial charge in [-0.25, -0.2) is 4.79 Å². The molecule has 0 aliphatic heterocycles. The number of phenols is 1. The second-order valence-corrected chi connectivity index (χ2v) is 3.18. The Morgan fingerprint density at radius 1 is 1.47 bits per heavy atom. The highest BCUT2D eigenvalue weighted by molar-refractivity contribution is 5.66. The van der Waals surface area contributed by atoms with Gasteiger partial charge in [0.1, 0.15) is 5.75 Å². The zero-order valence-corrected chi connectivity index (χ0v) is 8.52. The lowest BCUT2D eigenvalue weighted by Crippen LogP contribution is -2.44. The number of rotatable bonds is 3. The largest absolute Gasteiger partial charge is 0.507 e. The molecule has 0 saturated carbocycles. The normalized spacial score (nSPS) is 14.3. The summed E-state index contributed by atoms with van der Waals surface area (Å²) in [6, 6.07) is 6.40. The molecule has 82 valence electrons. The average Bonchev–Trinajstić information content (AvgIpc) is 2.17. The molecule has 0 spiro atoms. The summed E-state index contributed by atoms with van der Waals surface area (Å²) >= 11 is 0. The van der Waals surface area contributed by atoms with Crippen LogP contribution in [-0.2, 0) is 10.5 Å². The van der Waals surface area contributed by atoms with Crippen LogP contribution in [0, 0.1) is 0 Å². The first-order valence-corrected chi connectivity index (χ1v) is 4.34. The number of carbonyl (C=O) groups is 1. The number of nitrogens with one attached hydrogen (secondary N) is 1. The van der Waals surface area contributed by atoms with Gasteiger partial charge in [0.2, 0.25) is 0 Å². The van der Waals surface area contributed by atoms with Crippen molar-refractivity contribution in [3.05, 3.63) is 29.8 Å². The molecule has 3 N–H and O–H groups in total. The zero-order valence-electron chi connectivity index (χ0n) is 8.52. The summed E-state index contributed by atoms with van der Waals surface area (Å²) < 4.78 is 5.06. The number of benzene rings is 1. The Kier molecular flexibility index (Phi) is 3.16. The lowest BCUT2D eigenvalue weighted by molar-refractivity contribution is -0.0248. The quantitative estimate of drug-likeness (QED) is 0.661. The molecule has 1 aromatic carbocycles. The summed E-state index contributed by atoms with van der Waals surface area (Å²) in [5.74, 6) is -0.0180. The van der Waals surface area contributed by atoms with E-state index in [1.165, 1.54) is 20.1 Å². The number of methoxy groups -OCH3 is 1. The number of para-hydroxylation sites is 1. The second-order valence-electron chi connectivity index (χ2n) is 3.18. The summed E-state index contributed by atoms with van der Waals surface area (Å²) in [6.07, 6.45) is -1.22. The van der Waals surface area contributed by atoms with Crippen molar-refractivity contribution in [2.45, 2.75) is 12.6 Å². The van der Waals surface area contributed by atoms with Gasteiger partial charge in [0.05, 0.1) is 0 Å². The highest BCUT2D eigenvalue weighted by Crippen LogP contribution is 2.29. The van der Waals surface area contributed by atoms with Crippen LogP contribution in [0.4, 0.5) is 4.79 Å². The van der Waals surface area contributed by atoms with E-state index in [1.54, 1.807) is 18.2 Å². The zero-order chi connectivity index (χ0) is 11.5. The SMILES string of the molecule is COC(C)(NC(=O)O)c1ccccc1O. The lowest BCUT2D eigenvalue weighted by Gasteiger charge is -2.28. The molecule has 0 heterocycles. The van der Waals surface area contributed by atoms with E-state index < -0.39 is 11.8 Å². The minimum Gasteiger partial charge on any atom is -0.507 e. The molecule has 1 aromatic rings. The molecule has 5 nitrogen and oxygen atoms in total. The van der Waals surface area contributed by atoms with Gasteiger partial charge >= 0.3 is 6.09 Å². The van der Waals surface area contributed by atoms with Gasteiger partial charge in [0.15, 0.2) is 5.72 Å². The molecule has 1 rings (SSSR count). The number of phenolic OH excluding ortho intramolecular Hbond substituents is 1. The molecular formula is C10H13NO4. The molecule has 0 saturated heterocycles. The maximum absolute atomic E-state index is 10.6. The molecule has 0 aliphatic carbocycles. The number of carboxylic acid groups (broad SMARTS) is 1. The summed E-state index contributed by atoms with van der Waals surface area (Å²) in [4.78, 5) is 10.6. The van der Waals surface area contributed by atoms with Crippen molar-refractivity contribution in [1.82, 2.24) is 5.32 Å². The van der Waals surface area contributed by atoms with Gasteiger partial charge in [0, 0.05) is 12.7 Å². The summed E-state index contributed by atoms with van der Waals surface area (Å²) in [5.41, 5.74) is -0.883.